The first-order valence-electron chi connectivity index (χ1n) is 11.7. The zero-order valence-electron chi connectivity index (χ0n) is 20.0. The van der Waals surface area contributed by atoms with E-state index in [0.717, 1.165) is 58.3 Å². The maximum atomic E-state index is 13.8. The van der Waals surface area contributed by atoms with Gasteiger partial charge in [0.05, 0.1) is 29.6 Å². The van der Waals surface area contributed by atoms with Gasteiger partial charge in [-0.1, -0.05) is 35.5 Å². The minimum Gasteiger partial charge on any atom is -0.495 e. The Kier molecular flexibility index (Phi) is 6.67. The van der Waals surface area contributed by atoms with Gasteiger partial charge in [-0.2, -0.15) is 0 Å². The summed E-state index contributed by atoms with van der Waals surface area (Å²) in [6, 6.07) is 13.5. The third-order valence-corrected chi connectivity index (χ3v) is 8.34. The maximum absolute atomic E-state index is 13.8. The number of thiophene rings is 1. The minimum atomic E-state index is -0.186. The summed E-state index contributed by atoms with van der Waals surface area (Å²) in [6.45, 7) is 3.98. The van der Waals surface area contributed by atoms with Crippen molar-refractivity contribution in [3.8, 4) is 11.4 Å². The maximum Gasteiger partial charge on any atom is 0.267 e. The highest BCUT2D eigenvalue weighted by Gasteiger charge is 2.23. The molecule has 35 heavy (non-hydrogen) atoms. The van der Waals surface area contributed by atoms with E-state index in [0.29, 0.717) is 16.6 Å². The van der Waals surface area contributed by atoms with Crippen LogP contribution in [0.15, 0.2) is 52.4 Å². The van der Waals surface area contributed by atoms with E-state index in [1.807, 2.05) is 56.3 Å². The van der Waals surface area contributed by atoms with Gasteiger partial charge in [-0.3, -0.25) is 14.2 Å². The summed E-state index contributed by atoms with van der Waals surface area (Å²) in [4.78, 5) is 33.6. The number of rotatable bonds is 6. The van der Waals surface area contributed by atoms with E-state index in [9.17, 15) is 9.59 Å². The Morgan fingerprint density at radius 1 is 1.11 bits per heavy atom. The largest absolute Gasteiger partial charge is 0.495 e. The van der Waals surface area contributed by atoms with Gasteiger partial charge in [-0.25, -0.2) is 4.98 Å². The number of amides is 1. The van der Waals surface area contributed by atoms with Crippen LogP contribution in [0.2, 0.25) is 0 Å². The Bertz CT molecular complexity index is 1470. The molecule has 0 spiro atoms. The Morgan fingerprint density at radius 2 is 1.86 bits per heavy atom. The first-order chi connectivity index (χ1) is 16.9. The molecule has 6 nitrogen and oxygen atoms in total. The topological polar surface area (TPSA) is 73.2 Å². The second-order valence-corrected chi connectivity index (χ2v) is 10.8. The lowest BCUT2D eigenvalue weighted by molar-refractivity contribution is -0.113. The molecule has 0 unspecified atom stereocenters. The van der Waals surface area contributed by atoms with Crippen molar-refractivity contribution in [2.24, 2.45) is 0 Å². The van der Waals surface area contributed by atoms with Gasteiger partial charge in [0.1, 0.15) is 10.6 Å². The molecular formula is C27H27N3O3S2. The second-order valence-electron chi connectivity index (χ2n) is 8.80. The molecule has 1 aliphatic rings. The number of nitrogens with one attached hydrogen (secondary N) is 1. The number of aromatic nitrogens is 2. The van der Waals surface area contributed by atoms with E-state index >= 15 is 0 Å². The summed E-state index contributed by atoms with van der Waals surface area (Å²) >= 11 is 2.89. The number of carbonyl (C=O) groups excluding carboxylic acids is 1. The molecule has 2 aromatic heterocycles. The third-order valence-electron chi connectivity index (χ3n) is 6.21. The number of anilines is 1. The number of hydrogen-bond acceptors (Lipinski definition) is 6. The van der Waals surface area contributed by atoms with E-state index in [4.69, 9.17) is 9.72 Å². The Morgan fingerprint density at radius 3 is 2.63 bits per heavy atom. The number of thioether (sulfide) groups is 1. The molecule has 0 bridgehead atoms. The Labute approximate surface area is 212 Å². The van der Waals surface area contributed by atoms with Gasteiger partial charge in [-0.05, 0) is 74.9 Å². The SMILES string of the molecule is COc1ccc(C)cc1NC(=O)CSc1nc2sc3c(c2c(=O)n1-c1ccc(C)cc1)CCCC3. The van der Waals surface area contributed by atoms with Crippen molar-refractivity contribution in [3.05, 3.63) is 74.4 Å². The van der Waals surface area contributed by atoms with Crippen LogP contribution in [0.4, 0.5) is 5.69 Å². The van der Waals surface area contributed by atoms with Gasteiger partial charge < -0.3 is 10.1 Å². The Hall–Kier alpha value is -3.10. The molecule has 0 atom stereocenters. The van der Waals surface area contributed by atoms with Crippen LogP contribution >= 0.6 is 23.1 Å². The van der Waals surface area contributed by atoms with Crippen LogP contribution in [-0.2, 0) is 17.6 Å². The molecule has 4 aromatic rings. The number of hydrogen-bond donors (Lipinski definition) is 1. The molecule has 0 fully saturated rings. The molecule has 180 valence electrons. The average Bonchev–Trinajstić information content (AvgIpc) is 3.22. The van der Waals surface area contributed by atoms with E-state index in [1.54, 1.807) is 23.0 Å². The fourth-order valence-corrected chi connectivity index (χ4v) is 6.56. The highest BCUT2D eigenvalue weighted by molar-refractivity contribution is 7.99. The number of benzene rings is 2. The van der Waals surface area contributed by atoms with Crippen molar-refractivity contribution in [2.75, 3.05) is 18.2 Å². The van der Waals surface area contributed by atoms with Crippen molar-refractivity contribution in [2.45, 2.75) is 44.7 Å². The quantitative estimate of drug-likeness (QED) is 0.270. The van der Waals surface area contributed by atoms with Crippen LogP contribution in [0, 0.1) is 13.8 Å². The molecule has 8 heteroatoms. The molecule has 0 saturated carbocycles. The van der Waals surface area contributed by atoms with E-state index in [-0.39, 0.29) is 17.2 Å². The van der Waals surface area contributed by atoms with Gasteiger partial charge in [0.15, 0.2) is 5.16 Å². The number of fused-ring (bicyclic) bond motifs is 3. The number of carbonyl (C=O) groups is 1. The molecule has 5 rings (SSSR count). The van der Waals surface area contributed by atoms with Gasteiger partial charge in [0.2, 0.25) is 5.91 Å². The van der Waals surface area contributed by atoms with E-state index < -0.39 is 0 Å². The summed E-state index contributed by atoms with van der Waals surface area (Å²) in [5.74, 6) is 0.537. The third kappa shape index (κ3) is 4.73. The Balaban J connectivity index is 1.51. The lowest BCUT2D eigenvalue weighted by Crippen LogP contribution is -2.23. The van der Waals surface area contributed by atoms with Crippen molar-refractivity contribution < 1.29 is 9.53 Å². The standard InChI is InChI=1S/C27H27N3O3S2/c1-16-8-11-18(12-9-16)30-26(32)24-19-6-4-5-7-22(19)35-25(24)29-27(30)34-15-23(31)28-20-14-17(2)10-13-21(20)33-3/h8-14H,4-7,15H2,1-3H3,(H,28,31). The van der Waals surface area contributed by atoms with Crippen molar-refractivity contribution in [1.82, 2.24) is 9.55 Å². The highest BCUT2D eigenvalue weighted by Crippen LogP contribution is 2.35. The van der Waals surface area contributed by atoms with Gasteiger partial charge in [0, 0.05) is 4.88 Å². The first-order valence-corrected chi connectivity index (χ1v) is 13.5. The predicted molar refractivity (Wildman–Crippen MR) is 144 cm³/mol. The molecule has 1 aliphatic carbocycles. The molecule has 0 saturated heterocycles. The molecule has 1 N–H and O–H groups in total. The first kappa shape index (κ1) is 23.6. The zero-order valence-corrected chi connectivity index (χ0v) is 21.6. The minimum absolute atomic E-state index is 0.0542. The zero-order chi connectivity index (χ0) is 24.5. The molecule has 1 amide bonds. The number of ether oxygens (including phenoxy) is 1. The van der Waals surface area contributed by atoms with Gasteiger partial charge in [-0.15, -0.1) is 11.3 Å². The second kappa shape index (κ2) is 9.87. The summed E-state index contributed by atoms with van der Waals surface area (Å²) < 4.78 is 7.04. The van der Waals surface area contributed by atoms with E-state index in [1.165, 1.54) is 16.6 Å². The summed E-state index contributed by atoms with van der Waals surface area (Å²) in [5.41, 5.74) is 4.63. The molecule has 0 aliphatic heterocycles. The van der Waals surface area contributed by atoms with Gasteiger partial charge >= 0.3 is 0 Å². The number of nitrogens with zero attached hydrogens (tertiary/aromatic N) is 2. The highest BCUT2D eigenvalue weighted by atomic mass is 32.2. The monoisotopic (exact) mass is 505 g/mol. The molecule has 2 heterocycles. The van der Waals surface area contributed by atoms with E-state index in [2.05, 4.69) is 5.32 Å². The van der Waals surface area contributed by atoms with Crippen LogP contribution in [-0.4, -0.2) is 28.3 Å². The van der Waals surface area contributed by atoms with Gasteiger partial charge in [0.25, 0.3) is 5.56 Å². The smallest absolute Gasteiger partial charge is 0.267 e. The summed E-state index contributed by atoms with van der Waals surface area (Å²) in [6.07, 6.45) is 4.18. The lowest BCUT2D eigenvalue weighted by Gasteiger charge is -2.14. The predicted octanol–water partition coefficient (Wildman–Crippen LogP) is 5.68. The number of aryl methyl sites for hydroxylation is 4. The van der Waals surface area contributed by atoms with Crippen LogP contribution < -0.4 is 15.6 Å². The lowest BCUT2D eigenvalue weighted by atomic mass is 9.97. The average molecular weight is 506 g/mol. The molecular weight excluding hydrogens is 478 g/mol. The van der Waals surface area contributed by atoms with Crippen LogP contribution in [0.3, 0.4) is 0 Å². The summed E-state index contributed by atoms with van der Waals surface area (Å²) in [7, 11) is 1.58. The van der Waals surface area contributed by atoms with Crippen molar-refractivity contribution in [3.63, 3.8) is 0 Å². The normalized spacial score (nSPS) is 13.0. The molecule has 0 radical (unpaired) electrons. The van der Waals surface area contributed by atoms with Crippen LogP contribution in [0.25, 0.3) is 15.9 Å². The fraction of sp³-hybridized carbons (Fsp3) is 0.296. The van der Waals surface area contributed by atoms with Crippen molar-refractivity contribution >= 4 is 44.9 Å². The fourth-order valence-electron chi connectivity index (χ4n) is 4.44. The summed E-state index contributed by atoms with van der Waals surface area (Å²) in [5, 5.41) is 4.20. The van der Waals surface area contributed by atoms with Crippen LogP contribution in [0.1, 0.15) is 34.4 Å². The van der Waals surface area contributed by atoms with Crippen LogP contribution in [0.5, 0.6) is 5.75 Å². The molecule has 2 aromatic carbocycles. The van der Waals surface area contributed by atoms with Crippen molar-refractivity contribution in [1.29, 1.82) is 0 Å². The number of methoxy groups -OCH3 is 1.